The van der Waals surface area contributed by atoms with Crippen molar-refractivity contribution in [3.63, 3.8) is 0 Å². The van der Waals surface area contributed by atoms with Crippen molar-refractivity contribution in [1.82, 2.24) is 14.8 Å². The minimum Gasteiger partial charge on any atom is -0.404 e. The van der Waals surface area contributed by atoms with Crippen molar-refractivity contribution >= 4 is 28.1 Å². The largest absolute Gasteiger partial charge is 0.573 e. The van der Waals surface area contributed by atoms with Crippen LogP contribution in [0.25, 0.3) is 10.4 Å². The Kier molecular flexibility index (Phi) is 9.32. The summed E-state index contributed by atoms with van der Waals surface area (Å²) in [5.74, 6) is -2.48. The number of halogens is 5. The molecular formula is C25H26F5N5O3S. The molecular weight excluding hydrogens is 545 g/mol. The predicted octanol–water partition coefficient (Wildman–Crippen LogP) is 4.87. The number of nitrogens with one attached hydrogen (secondary N) is 2. The molecule has 2 aromatic carbocycles. The maximum atomic E-state index is 14.1. The second-order valence-electron chi connectivity index (χ2n) is 8.74. The van der Waals surface area contributed by atoms with Crippen LogP contribution in [0.4, 0.5) is 32.8 Å². The number of likely N-dealkylation sites (N-methyl/N-ethyl adjacent to an activating group) is 1. The lowest BCUT2D eigenvalue weighted by molar-refractivity contribution is -0.274. The minimum absolute atomic E-state index is 0.0122. The van der Waals surface area contributed by atoms with Crippen LogP contribution in [0, 0.1) is 11.6 Å². The van der Waals surface area contributed by atoms with Crippen LogP contribution in [-0.4, -0.2) is 80.2 Å². The van der Waals surface area contributed by atoms with E-state index >= 15 is 0 Å². The zero-order valence-electron chi connectivity index (χ0n) is 20.9. The second kappa shape index (κ2) is 12.7. The van der Waals surface area contributed by atoms with Gasteiger partial charge in [-0.1, -0.05) is 11.3 Å². The number of piperazine rings is 1. The molecule has 1 fully saturated rings. The fourth-order valence-corrected chi connectivity index (χ4v) is 4.63. The van der Waals surface area contributed by atoms with Gasteiger partial charge in [-0.05, 0) is 43.4 Å². The maximum Gasteiger partial charge on any atom is 0.573 e. The number of alkyl halides is 3. The van der Waals surface area contributed by atoms with Gasteiger partial charge in [0.05, 0.1) is 17.2 Å². The maximum absolute atomic E-state index is 14.1. The van der Waals surface area contributed by atoms with Crippen LogP contribution >= 0.6 is 11.3 Å². The number of thiazole rings is 1. The number of hydrogen-bond acceptors (Lipinski definition) is 8. The van der Waals surface area contributed by atoms with E-state index in [1.165, 1.54) is 12.3 Å². The summed E-state index contributed by atoms with van der Waals surface area (Å²) in [6.45, 7) is 4.66. The first kappa shape index (κ1) is 28.7. The first-order valence-corrected chi connectivity index (χ1v) is 12.7. The van der Waals surface area contributed by atoms with E-state index < -0.39 is 29.7 Å². The van der Waals surface area contributed by atoms with Crippen molar-refractivity contribution in [3.05, 3.63) is 59.8 Å². The van der Waals surface area contributed by atoms with Gasteiger partial charge in [0.1, 0.15) is 18.4 Å². The molecule has 0 aliphatic carbocycles. The van der Waals surface area contributed by atoms with Crippen LogP contribution < -0.4 is 15.4 Å². The van der Waals surface area contributed by atoms with Gasteiger partial charge in [-0.3, -0.25) is 15.0 Å². The highest BCUT2D eigenvalue weighted by Gasteiger charge is 2.32. The number of rotatable bonds is 10. The van der Waals surface area contributed by atoms with E-state index in [-0.39, 0.29) is 33.6 Å². The molecule has 1 aromatic heterocycles. The molecule has 0 spiro atoms. The van der Waals surface area contributed by atoms with Crippen LogP contribution in [0.3, 0.4) is 0 Å². The van der Waals surface area contributed by atoms with Gasteiger partial charge in [-0.25, -0.2) is 13.8 Å². The summed E-state index contributed by atoms with van der Waals surface area (Å²) in [5.41, 5.74) is -0.0971. The summed E-state index contributed by atoms with van der Waals surface area (Å²) in [4.78, 5) is 21.5. The third kappa shape index (κ3) is 8.33. The molecule has 2 N–H and O–H groups in total. The molecule has 0 saturated carbocycles. The molecule has 14 heteroatoms. The van der Waals surface area contributed by atoms with Gasteiger partial charge >= 0.3 is 6.36 Å². The number of anilines is 2. The summed E-state index contributed by atoms with van der Waals surface area (Å²) in [5, 5.41) is 5.34. The molecule has 0 bridgehead atoms. The summed E-state index contributed by atoms with van der Waals surface area (Å²) in [6, 6.07) is 6.36. The SMILES string of the molecule is CN1CCN(CCOCNc2cc(C(=O)Nc3ncc(-c4cc(F)ccc4F)s3)ccc2OC(F)(F)F)CC1. The molecule has 1 aliphatic heterocycles. The van der Waals surface area contributed by atoms with E-state index in [1.807, 2.05) is 0 Å². The average molecular weight is 572 g/mol. The zero-order valence-corrected chi connectivity index (χ0v) is 21.7. The van der Waals surface area contributed by atoms with Crippen LogP contribution in [0.2, 0.25) is 0 Å². The highest BCUT2D eigenvalue weighted by Crippen LogP contribution is 2.33. The predicted molar refractivity (Wildman–Crippen MR) is 137 cm³/mol. The summed E-state index contributed by atoms with van der Waals surface area (Å²) in [7, 11) is 2.05. The Labute approximate surface area is 225 Å². The van der Waals surface area contributed by atoms with Crippen molar-refractivity contribution < 1.29 is 36.2 Å². The molecule has 0 atom stereocenters. The Morgan fingerprint density at radius 3 is 2.62 bits per heavy atom. The Balaban J connectivity index is 1.39. The van der Waals surface area contributed by atoms with Crippen molar-refractivity contribution in [2.75, 3.05) is 63.7 Å². The van der Waals surface area contributed by atoms with Gasteiger partial charge in [0.2, 0.25) is 0 Å². The lowest BCUT2D eigenvalue weighted by Gasteiger charge is -2.32. The lowest BCUT2D eigenvalue weighted by Crippen LogP contribution is -2.45. The van der Waals surface area contributed by atoms with E-state index in [9.17, 15) is 26.7 Å². The summed E-state index contributed by atoms with van der Waals surface area (Å²) < 4.78 is 75.9. The van der Waals surface area contributed by atoms with Gasteiger partial charge in [0.15, 0.2) is 10.9 Å². The number of carbonyl (C=O) groups excluding carboxylic acids is 1. The Morgan fingerprint density at radius 2 is 1.87 bits per heavy atom. The van der Waals surface area contributed by atoms with Gasteiger partial charge in [-0.15, -0.1) is 13.2 Å². The topological polar surface area (TPSA) is 79.0 Å². The monoisotopic (exact) mass is 571 g/mol. The van der Waals surface area contributed by atoms with E-state index in [0.717, 1.165) is 67.8 Å². The molecule has 0 unspecified atom stereocenters. The van der Waals surface area contributed by atoms with Gasteiger partial charge < -0.3 is 19.7 Å². The second-order valence-corrected chi connectivity index (χ2v) is 9.77. The standard InChI is InChI=1S/C25H26F5N5O3S/c1-34-6-8-35(9-7-34)10-11-37-15-32-20-12-16(2-5-21(20)38-25(28,29)30)23(36)33-24-31-14-22(39-24)18-13-17(26)3-4-19(18)27/h2-5,12-14,32H,6-11,15H2,1H3,(H,31,33,36). The molecule has 8 nitrogen and oxygen atoms in total. The molecule has 4 rings (SSSR count). The quantitative estimate of drug-likeness (QED) is 0.204. The fourth-order valence-electron chi connectivity index (χ4n) is 3.80. The Bertz CT molecular complexity index is 1280. The molecule has 210 valence electrons. The third-order valence-electron chi connectivity index (χ3n) is 5.90. The van der Waals surface area contributed by atoms with Crippen molar-refractivity contribution in [2.45, 2.75) is 6.36 Å². The van der Waals surface area contributed by atoms with Crippen LogP contribution in [0.5, 0.6) is 5.75 Å². The number of benzene rings is 2. The van der Waals surface area contributed by atoms with Crippen LogP contribution in [0.15, 0.2) is 42.6 Å². The first-order chi connectivity index (χ1) is 18.6. The highest BCUT2D eigenvalue weighted by molar-refractivity contribution is 7.19. The van der Waals surface area contributed by atoms with Crippen molar-refractivity contribution in [2.24, 2.45) is 0 Å². The fraction of sp³-hybridized carbons (Fsp3) is 0.360. The smallest absolute Gasteiger partial charge is 0.404 e. The molecule has 1 amide bonds. The molecule has 0 radical (unpaired) electrons. The van der Waals surface area contributed by atoms with E-state index in [2.05, 4.69) is 37.2 Å². The van der Waals surface area contributed by atoms with Crippen molar-refractivity contribution in [1.29, 1.82) is 0 Å². The van der Waals surface area contributed by atoms with Crippen molar-refractivity contribution in [3.8, 4) is 16.2 Å². The van der Waals surface area contributed by atoms with E-state index in [0.29, 0.717) is 13.2 Å². The first-order valence-electron chi connectivity index (χ1n) is 11.9. The molecule has 2 heterocycles. The molecule has 1 saturated heterocycles. The van der Waals surface area contributed by atoms with E-state index in [4.69, 9.17) is 4.74 Å². The normalized spacial score (nSPS) is 14.8. The minimum atomic E-state index is -4.94. The number of ether oxygens (including phenoxy) is 2. The number of amides is 1. The summed E-state index contributed by atoms with van der Waals surface area (Å²) >= 11 is 0.913. The third-order valence-corrected chi connectivity index (χ3v) is 6.85. The average Bonchev–Trinajstić information content (AvgIpc) is 3.34. The number of carbonyl (C=O) groups is 1. The van der Waals surface area contributed by atoms with Gasteiger partial charge in [-0.2, -0.15) is 0 Å². The van der Waals surface area contributed by atoms with Gasteiger partial charge in [0, 0.05) is 50.0 Å². The highest BCUT2D eigenvalue weighted by atomic mass is 32.1. The Hall–Kier alpha value is -3.33. The number of nitrogens with zero attached hydrogens (tertiary/aromatic N) is 3. The van der Waals surface area contributed by atoms with Crippen LogP contribution in [-0.2, 0) is 4.74 Å². The van der Waals surface area contributed by atoms with Crippen LogP contribution in [0.1, 0.15) is 10.4 Å². The number of aromatic nitrogens is 1. The van der Waals surface area contributed by atoms with E-state index in [1.54, 1.807) is 0 Å². The molecule has 39 heavy (non-hydrogen) atoms. The lowest BCUT2D eigenvalue weighted by atomic mass is 10.1. The Morgan fingerprint density at radius 1 is 1.10 bits per heavy atom. The zero-order chi connectivity index (χ0) is 28.0. The molecule has 1 aliphatic rings. The van der Waals surface area contributed by atoms with Gasteiger partial charge in [0.25, 0.3) is 5.91 Å². The number of hydrogen-bond donors (Lipinski definition) is 2. The molecule has 3 aromatic rings. The summed E-state index contributed by atoms with van der Waals surface area (Å²) in [6.07, 6.45) is -3.66.